The van der Waals surface area contributed by atoms with Crippen molar-refractivity contribution in [2.75, 3.05) is 19.4 Å². The van der Waals surface area contributed by atoms with Crippen LogP contribution in [0.2, 0.25) is 0 Å². The van der Waals surface area contributed by atoms with E-state index in [-0.39, 0.29) is 30.5 Å². The molecule has 0 aliphatic rings. The lowest BCUT2D eigenvalue weighted by Crippen LogP contribution is -2.27. The highest BCUT2D eigenvalue weighted by Crippen LogP contribution is 2.19. The first-order valence-corrected chi connectivity index (χ1v) is 6.12. The van der Waals surface area contributed by atoms with Gasteiger partial charge in [0.15, 0.2) is 0 Å². The number of nitrogen functional groups attached to an aromatic ring is 1. The van der Waals surface area contributed by atoms with Gasteiger partial charge in [0.05, 0.1) is 19.0 Å². The zero-order chi connectivity index (χ0) is 14.5. The number of esters is 1. The number of pyridine rings is 1. The summed E-state index contributed by atoms with van der Waals surface area (Å²) in [7, 11) is 1.30. The van der Waals surface area contributed by atoms with Crippen molar-refractivity contribution >= 4 is 28.5 Å². The van der Waals surface area contributed by atoms with Crippen LogP contribution in [-0.4, -0.2) is 30.5 Å². The molecule has 2 rings (SSSR count). The Morgan fingerprint density at radius 2 is 2.10 bits per heavy atom. The van der Waals surface area contributed by atoms with Crippen molar-refractivity contribution in [3.63, 3.8) is 0 Å². The molecule has 0 fully saturated rings. The second kappa shape index (κ2) is 6.01. The van der Waals surface area contributed by atoms with Crippen molar-refractivity contribution in [2.24, 2.45) is 0 Å². The van der Waals surface area contributed by atoms with E-state index in [4.69, 9.17) is 5.73 Å². The molecule has 0 saturated carbocycles. The molecule has 6 heteroatoms. The van der Waals surface area contributed by atoms with Crippen LogP contribution in [0, 0.1) is 0 Å². The summed E-state index contributed by atoms with van der Waals surface area (Å²) in [5.74, 6) is -0.748. The summed E-state index contributed by atoms with van der Waals surface area (Å²) in [6.07, 6.45) is 0.116. The van der Waals surface area contributed by atoms with Crippen molar-refractivity contribution in [3.8, 4) is 0 Å². The van der Waals surface area contributed by atoms with Crippen molar-refractivity contribution < 1.29 is 14.3 Å². The average molecular weight is 273 g/mol. The molecule has 3 N–H and O–H groups in total. The van der Waals surface area contributed by atoms with Crippen molar-refractivity contribution in [1.82, 2.24) is 10.3 Å². The molecular weight excluding hydrogens is 258 g/mol. The first-order valence-electron chi connectivity index (χ1n) is 6.12. The van der Waals surface area contributed by atoms with Gasteiger partial charge in [0.25, 0.3) is 5.91 Å². The number of carbonyl (C=O) groups excluding carboxylic acids is 2. The Hall–Kier alpha value is -2.63. The number of hydrogen-bond acceptors (Lipinski definition) is 5. The molecule has 0 bridgehead atoms. The zero-order valence-electron chi connectivity index (χ0n) is 11.1. The summed E-state index contributed by atoms with van der Waals surface area (Å²) in [4.78, 5) is 27.1. The Morgan fingerprint density at radius 3 is 2.85 bits per heavy atom. The quantitative estimate of drug-likeness (QED) is 0.814. The van der Waals surface area contributed by atoms with Gasteiger partial charge in [-0.3, -0.25) is 9.59 Å². The van der Waals surface area contributed by atoms with Gasteiger partial charge in [-0.05, 0) is 12.1 Å². The molecule has 0 spiro atoms. The number of rotatable bonds is 4. The third-order valence-electron chi connectivity index (χ3n) is 2.82. The van der Waals surface area contributed by atoms with Gasteiger partial charge in [-0.15, -0.1) is 0 Å². The minimum atomic E-state index is -0.378. The predicted molar refractivity (Wildman–Crippen MR) is 75.1 cm³/mol. The van der Waals surface area contributed by atoms with E-state index in [2.05, 4.69) is 15.0 Å². The molecule has 1 aromatic heterocycles. The highest BCUT2D eigenvalue weighted by molar-refractivity contribution is 5.99. The monoisotopic (exact) mass is 273 g/mol. The molecule has 2 aromatic rings. The predicted octanol–water partition coefficient (Wildman–Crippen LogP) is 1.11. The fraction of sp³-hybridized carbons (Fsp3) is 0.214. The van der Waals surface area contributed by atoms with Crippen molar-refractivity contribution in [1.29, 1.82) is 0 Å². The van der Waals surface area contributed by atoms with E-state index in [0.717, 1.165) is 5.39 Å². The third kappa shape index (κ3) is 3.03. The van der Waals surface area contributed by atoms with E-state index in [0.29, 0.717) is 11.2 Å². The lowest BCUT2D eigenvalue weighted by atomic mass is 10.1. The number of aromatic nitrogens is 1. The Balaban J connectivity index is 2.12. The second-order valence-corrected chi connectivity index (χ2v) is 4.20. The maximum atomic E-state index is 11.9. The number of nitrogens with two attached hydrogens (primary N) is 1. The molecule has 0 radical (unpaired) electrons. The van der Waals surface area contributed by atoms with Crippen LogP contribution in [0.5, 0.6) is 0 Å². The molecule has 0 atom stereocenters. The number of carbonyl (C=O) groups is 2. The summed E-state index contributed by atoms with van der Waals surface area (Å²) in [6.45, 7) is 0.194. The molecule has 1 aromatic carbocycles. The SMILES string of the molecule is COC(=O)CCNC(=O)c1cc(N)c2ccccc2n1. The largest absolute Gasteiger partial charge is 0.469 e. The lowest BCUT2D eigenvalue weighted by Gasteiger charge is -2.07. The van der Waals surface area contributed by atoms with Crippen LogP contribution in [0.3, 0.4) is 0 Å². The molecule has 1 amide bonds. The first-order chi connectivity index (χ1) is 9.61. The van der Waals surface area contributed by atoms with E-state index >= 15 is 0 Å². The van der Waals surface area contributed by atoms with Gasteiger partial charge in [0, 0.05) is 17.6 Å². The number of fused-ring (bicyclic) bond motifs is 1. The number of amides is 1. The minimum absolute atomic E-state index is 0.116. The van der Waals surface area contributed by atoms with E-state index in [1.54, 1.807) is 6.07 Å². The number of benzene rings is 1. The smallest absolute Gasteiger partial charge is 0.307 e. The zero-order valence-corrected chi connectivity index (χ0v) is 11.1. The van der Waals surface area contributed by atoms with Crippen molar-refractivity contribution in [2.45, 2.75) is 6.42 Å². The van der Waals surface area contributed by atoms with Gasteiger partial charge < -0.3 is 15.8 Å². The Bertz CT molecular complexity index is 655. The molecular formula is C14H15N3O3. The highest BCUT2D eigenvalue weighted by Gasteiger charge is 2.11. The second-order valence-electron chi connectivity index (χ2n) is 4.20. The molecule has 20 heavy (non-hydrogen) atoms. The Kier molecular flexibility index (Phi) is 4.14. The number of methoxy groups -OCH3 is 1. The summed E-state index contributed by atoms with van der Waals surface area (Å²) >= 11 is 0. The normalized spacial score (nSPS) is 10.2. The fourth-order valence-corrected chi connectivity index (χ4v) is 1.79. The molecule has 0 unspecified atom stereocenters. The summed E-state index contributed by atoms with van der Waals surface area (Å²) in [5.41, 5.74) is 7.28. The van der Waals surface area contributed by atoms with Gasteiger partial charge >= 0.3 is 5.97 Å². The fourth-order valence-electron chi connectivity index (χ4n) is 1.79. The van der Waals surface area contributed by atoms with Crippen LogP contribution in [0.25, 0.3) is 10.9 Å². The van der Waals surface area contributed by atoms with E-state index in [9.17, 15) is 9.59 Å². The van der Waals surface area contributed by atoms with Gasteiger partial charge in [0.2, 0.25) is 0 Å². The number of para-hydroxylation sites is 1. The van der Waals surface area contributed by atoms with Gasteiger partial charge in [-0.1, -0.05) is 18.2 Å². The summed E-state index contributed by atoms with van der Waals surface area (Å²) < 4.78 is 4.49. The number of nitrogens with one attached hydrogen (secondary N) is 1. The Morgan fingerprint density at radius 1 is 1.35 bits per heavy atom. The van der Waals surface area contributed by atoms with Crippen LogP contribution in [0.1, 0.15) is 16.9 Å². The third-order valence-corrected chi connectivity index (χ3v) is 2.82. The summed E-state index contributed by atoms with van der Waals surface area (Å²) in [5, 5.41) is 3.40. The van der Waals surface area contributed by atoms with Crippen LogP contribution in [0.4, 0.5) is 5.69 Å². The minimum Gasteiger partial charge on any atom is -0.469 e. The van der Waals surface area contributed by atoms with Gasteiger partial charge in [-0.2, -0.15) is 0 Å². The maximum Gasteiger partial charge on any atom is 0.307 e. The Labute approximate surface area is 115 Å². The van der Waals surface area contributed by atoms with Crippen LogP contribution < -0.4 is 11.1 Å². The van der Waals surface area contributed by atoms with E-state index in [1.165, 1.54) is 13.2 Å². The highest BCUT2D eigenvalue weighted by atomic mass is 16.5. The molecule has 0 aliphatic heterocycles. The molecule has 104 valence electrons. The standard InChI is InChI=1S/C14H15N3O3/c1-20-13(18)6-7-16-14(19)12-8-10(15)9-4-2-3-5-11(9)17-12/h2-5,8H,6-7H2,1H3,(H2,15,17)(H,16,19). The van der Waals surface area contributed by atoms with Crippen molar-refractivity contribution in [3.05, 3.63) is 36.0 Å². The van der Waals surface area contributed by atoms with E-state index < -0.39 is 0 Å². The lowest BCUT2D eigenvalue weighted by molar-refractivity contribution is -0.140. The number of nitrogens with zero attached hydrogens (tertiary/aromatic N) is 1. The van der Waals surface area contributed by atoms with Gasteiger partial charge in [0.1, 0.15) is 5.69 Å². The maximum absolute atomic E-state index is 11.9. The van der Waals surface area contributed by atoms with Crippen LogP contribution >= 0.6 is 0 Å². The number of hydrogen-bond donors (Lipinski definition) is 2. The first kappa shape index (κ1) is 13.8. The molecule has 0 saturated heterocycles. The topological polar surface area (TPSA) is 94.3 Å². The number of anilines is 1. The molecule has 6 nitrogen and oxygen atoms in total. The van der Waals surface area contributed by atoms with Gasteiger partial charge in [-0.25, -0.2) is 4.98 Å². The summed E-state index contributed by atoms with van der Waals surface area (Å²) in [6, 6.07) is 8.84. The molecule has 0 aliphatic carbocycles. The van der Waals surface area contributed by atoms with E-state index in [1.807, 2.05) is 18.2 Å². The molecule has 1 heterocycles. The van der Waals surface area contributed by atoms with Crippen LogP contribution in [0.15, 0.2) is 30.3 Å². The average Bonchev–Trinajstić information content (AvgIpc) is 2.46. The van der Waals surface area contributed by atoms with Crippen LogP contribution in [-0.2, 0) is 9.53 Å². The number of ether oxygens (including phenoxy) is 1.